The monoisotopic (exact) mass is 274 g/mol. The molecule has 1 fully saturated rings. The lowest BCUT2D eigenvalue weighted by molar-refractivity contribution is 0.0956. The summed E-state index contributed by atoms with van der Waals surface area (Å²) in [4.78, 5) is 11.7. The van der Waals surface area contributed by atoms with Gasteiger partial charge in [0.25, 0.3) is 5.91 Å². The summed E-state index contributed by atoms with van der Waals surface area (Å²) in [5.41, 5.74) is 1.85. The lowest BCUT2D eigenvalue weighted by Gasteiger charge is -2.29. The molecule has 1 aromatic carbocycles. The van der Waals surface area contributed by atoms with E-state index < -0.39 is 0 Å². The number of carbonyl (C=O) groups is 1. The topological polar surface area (TPSA) is 41.1 Å². The van der Waals surface area contributed by atoms with Crippen LogP contribution >= 0.6 is 0 Å². The third-order valence-corrected chi connectivity index (χ3v) is 4.28. The number of carbonyl (C=O) groups excluding carboxylic acids is 1. The van der Waals surface area contributed by atoms with Gasteiger partial charge in [0.2, 0.25) is 0 Å². The smallest absolute Gasteiger partial charge is 0.251 e. The molecule has 3 nitrogen and oxygen atoms in total. The van der Waals surface area contributed by atoms with Gasteiger partial charge in [0, 0.05) is 23.8 Å². The zero-order valence-corrected chi connectivity index (χ0v) is 12.6. The number of hydrogen-bond donors (Lipinski definition) is 2. The van der Waals surface area contributed by atoms with Crippen molar-refractivity contribution < 1.29 is 4.79 Å². The van der Waals surface area contributed by atoms with E-state index in [4.69, 9.17) is 0 Å². The van der Waals surface area contributed by atoms with Crippen LogP contribution in [0.15, 0.2) is 24.3 Å². The van der Waals surface area contributed by atoms with Crippen LogP contribution in [0.25, 0.3) is 0 Å². The van der Waals surface area contributed by atoms with Crippen molar-refractivity contribution in [2.24, 2.45) is 5.92 Å². The van der Waals surface area contributed by atoms with Gasteiger partial charge in [-0.15, -0.1) is 0 Å². The summed E-state index contributed by atoms with van der Waals surface area (Å²) in [7, 11) is 0. The molecule has 0 atom stereocenters. The average Bonchev–Trinajstić information content (AvgIpc) is 2.49. The van der Waals surface area contributed by atoms with Gasteiger partial charge in [0.1, 0.15) is 0 Å². The number of anilines is 1. The molecule has 0 heterocycles. The summed E-state index contributed by atoms with van der Waals surface area (Å²) < 4.78 is 0. The average molecular weight is 274 g/mol. The fourth-order valence-electron chi connectivity index (χ4n) is 2.93. The molecule has 1 aliphatic rings. The van der Waals surface area contributed by atoms with E-state index in [2.05, 4.69) is 17.6 Å². The molecular weight excluding hydrogens is 248 g/mol. The molecule has 2 N–H and O–H groups in total. The first kappa shape index (κ1) is 14.9. The maximum absolute atomic E-state index is 11.7. The summed E-state index contributed by atoms with van der Waals surface area (Å²) in [6.07, 6.45) is 6.51. The SMILES string of the molecule is CCNC(=O)c1ccc(NC2CCC(CC)CC2)cc1. The summed E-state index contributed by atoms with van der Waals surface area (Å²) in [5.74, 6) is 0.927. The molecule has 1 saturated carbocycles. The zero-order chi connectivity index (χ0) is 14.4. The van der Waals surface area contributed by atoms with Crippen LogP contribution in [0.5, 0.6) is 0 Å². The maximum Gasteiger partial charge on any atom is 0.251 e. The van der Waals surface area contributed by atoms with Crippen molar-refractivity contribution in [1.82, 2.24) is 5.32 Å². The van der Waals surface area contributed by atoms with E-state index in [1.807, 2.05) is 31.2 Å². The quantitative estimate of drug-likeness (QED) is 0.857. The maximum atomic E-state index is 11.7. The molecule has 0 aromatic heterocycles. The first-order valence-corrected chi connectivity index (χ1v) is 7.87. The van der Waals surface area contributed by atoms with Gasteiger partial charge in [0.05, 0.1) is 0 Å². The van der Waals surface area contributed by atoms with E-state index in [0.29, 0.717) is 12.6 Å². The largest absolute Gasteiger partial charge is 0.382 e. The minimum Gasteiger partial charge on any atom is -0.382 e. The van der Waals surface area contributed by atoms with Gasteiger partial charge in [-0.2, -0.15) is 0 Å². The van der Waals surface area contributed by atoms with Crippen molar-refractivity contribution in [2.75, 3.05) is 11.9 Å². The molecule has 0 saturated heterocycles. The van der Waals surface area contributed by atoms with Crippen molar-refractivity contribution in [3.05, 3.63) is 29.8 Å². The normalized spacial score (nSPS) is 22.3. The Hall–Kier alpha value is -1.51. The van der Waals surface area contributed by atoms with E-state index in [0.717, 1.165) is 17.2 Å². The van der Waals surface area contributed by atoms with Crippen molar-refractivity contribution in [3.63, 3.8) is 0 Å². The van der Waals surface area contributed by atoms with E-state index in [1.165, 1.54) is 32.1 Å². The Kier molecular flexibility index (Phi) is 5.45. The second kappa shape index (κ2) is 7.32. The number of benzene rings is 1. The van der Waals surface area contributed by atoms with Crippen molar-refractivity contribution in [1.29, 1.82) is 0 Å². The van der Waals surface area contributed by atoms with E-state index in [1.54, 1.807) is 0 Å². The Morgan fingerprint density at radius 3 is 2.30 bits per heavy atom. The fraction of sp³-hybridized carbons (Fsp3) is 0.588. The molecule has 1 aliphatic carbocycles. The van der Waals surface area contributed by atoms with Gasteiger partial charge in [-0.05, 0) is 62.8 Å². The van der Waals surface area contributed by atoms with Gasteiger partial charge in [-0.1, -0.05) is 13.3 Å². The zero-order valence-electron chi connectivity index (χ0n) is 12.6. The van der Waals surface area contributed by atoms with Crippen molar-refractivity contribution >= 4 is 11.6 Å². The Morgan fingerprint density at radius 2 is 1.75 bits per heavy atom. The second-order valence-electron chi connectivity index (χ2n) is 5.71. The predicted octanol–water partition coefficient (Wildman–Crippen LogP) is 3.82. The Morgan fingerprint density at radius 1 is 1.10 bits per heavy atom. The Labute approximate surface area is 122 Å². The van der Waals surface area contributed by atoms with Gasteiger partial charge in [-0.3, -0.25) is 4.79 Å². The highest BCUT2D eigenvalue weighted by Crippen LogP contribution is 2.28. The molecule has 1 aromatic rings. The van der Waals surface area contributed by atoms with Gasteiger partial charge in [-0.25, -0.2) is 0 Å². The summed E-state index contributed by atoms with van der Waals surface area (Å²) in [6.45, 7) is 4.89. The Balaban J connectivity index is 1.86. The number of hydrogen-bond acceptors (Lipinski definition) is 2. The van der Waals surface area contributed by atoms with Crippen LogP contribution in [-0.2, 0) is 0 Å². The van der Waals surface area contributed by atoms with E-state index >= 15 is 0 Å². The van der Waals surface area contributed by atoms with E-state index in [9.17, 15) is 4.79 Å². The summed E-state index contributed by atoms with van der Waals surface area (Å²) in [5, 5.41) is 6.41. The van der Waals surface area contributed by atoms with Gasteiger partial charge < -0.3 is 10.6 Å². The Bertz CT molecular complexity index is 419. The molecular formula is C17H26N2O. The standard InChI is InChI=1S/C17H26N2O/c1-3-13-5-9-15(10-6-13)19-16-11-7-14(8-12-16)17(20)18-4-2/h7-8,11-13,15,19H,3-6,9-10H2,1-2H3,(H,18,20). The van der Waals surface area contributed by atoms with Crippen LogP contribution in [-0.4, -0.2) is 18.5 Å². The summed E-state index contributed by atoms with van der Waals surface area (Å²) in [6, 6.07) is 8.40. The third-order valence-electron chi connectivity index (χ3n) is 4.28. The minimum absolute atomic E-state index is 0.00232. The van der Waals surface area contributed by atoms with Crippen molar-refractivity contribution in [3.8, 4) is 0 Å². The van der Waals surface area contributed by atoms with Crippen LogP contribution < -0.4 is 10.6 Å². The first-order chi connectivity index (χ1) is 9.72. The lowest BCUT2D eigenvalue weighted by atomic mass is 9.84. The number of rotatable bonds is 5. The van der Waals surface area contributed by atoms with Gasteiger partial charge in [0.15, 0.2) is 0 Å². The molecule has 110 valence electrons. The molecule has 0 spiro atoms. The van der Waals surface area contributed by atoms with Crippen LogP contribution in [0, 0.1) is 5.92 Å². The highest BCUT2D eigenvalue weighted by atomic mass is 16.1. The highest BCUT2D eigenvalue weighted by molar-refractivity contribution is 5.94. The van der Waals surface area contributed by atoms with E-state index in [-0.39, 0.29) is 5.91 Å². The molecule has 1 amide bonds. The number of nitrogens with one attached hydrogen (secondary N) is 2. The van der Waals surface area contributed by atoms with Crippen molar-refractivity contribution in [2.45, 2.75) is 52.0 Å². The fourth-order valence-corrected chi connectivity index (χ4v) is 2.93. The third kappa shape index (κ3) is 3.99. The van der Waals surface area contributed by atoms with Crippen LogP contribution in [0.4, 0.5) is 5.69 Å². The highest BCUT2D eigenvalue weighted by Gasteiger charge is 2.19. The second-order valence-corrected chi connectivity index (χ2v) is 5.71. The summed E-state index contributed by atoms with van der Waals surface area (Å²) >= 11 is 0. The van der Waals surface area contributed by atoms with Crippen LogP contribution in [0.1, 0.15) is 56.3 Å². The molecule has 0 unspecified atom stereocenters. The minimum atomic E-state index is 0.00232. The predicted molar refractivity (Wildman–Crippen MR) is 84.1 cm³/mol. The molecule has 0 radical (unpaired) electrons. The van der Waals surface area contributed by atoms with Crippen LogP contribution in [0.2, 0.25) is 0 Å². The molecule has 0 bridgehead atoms. The first-order valence-electron chi connectivity index (χ1n) is 7.87. The van der Waals surface area contributed by atoms with Crippen LogP contribution in [0.3, 0.4) is 0 Å². The number of amides is 1. The molecule has 20 heavy (non-hydrogen) atoms. The van der Waals surface area contributed by atoms with Gasteiger partial charge >= 0.3 is 0 Å². The molecule has 3 heteroatoms. The molecule has 0 aliphatic heterocycles. The lowest BCUT2D eigenvalue weighted by Crippen LogP contribution is -2.26. The molecule has 2 rings (SSSR count).